The highest BCUT2D eigenvalue weighted by atomic mass is 35.5. The molecule has 0 radical (unpaired) electrons. The van der Waals surface area contributed by atoms with Gasteiger partial charge in [0.1, 0.15) is 11.6 Å². The van der Waals surface area contributed by atoms with E-state index >= 15 is 0 Å². The third kappa shape index (κ3) is 5.03. The smallest absolute Gasteiger partial charge is 0.248 e. The molecule has 0 atom stereocenters. The lowest BCUT2D eigenvalue weighted by atomic mass is 10.1. The average molecular weight is 439 g/mol. The number of nitrogens with zero attached hydrogens (tertiary/aromatic N) is 3. The van der Waals surface area contributed by atoms with E-state index in [2.05, 4.69) is 35.2 Å². The van der Waals surface area contributed by atoms with Crippen molar-refractivity contribution in [2.24, 2.45) is 0 Å². The van der Waals surface area contributed by atoms with Crippen molar-refractivity contribution in [1.29, 1.82) is 0 Å². The number of anilines is 2. The van der Waals surface area contributed by atoms with Crippen LogP contribution in [-0.4, -0.2) is 49.0 Å². The molecule has 31 heavy (non-hydrogen) atoms. The van der Waals surface area contributed by atoms with Gasteiger partial charge in [-0.3, -0.25) is 4.79 Å². The average Bonchev–Trinajstić information content (AvgIpc) is 2.74. The monoisotopic (exact) mass is 438 g/mol. The fourth-order valence-corrected chi connectivity index (χ4v) is 3.80. The summed E-state index contributed by atoms with van der Waals surface area (Å²) >= 11 is 5.75. The van der Waals surface area contributed by atoms with E-state index in [1.54, 1.807) is 6.07 Å². The van der Waals surface area contributed by atoms with Crippen LogP contribution in [0.2, 0.25) is 5.02 Å². The van der Waals surface area contributed by atoms with Crippen molar-refractivity contribution in [1.82, 2.24) is 9.88 Å². The number of aromatic nitrogens is 1. The summed E-state index contributed by atoms with van der Waals surface area (Å²) in [4.78, 5) is 21.7. The molecule has 2 aromatic carbocycles. The van der Waals surface area contributed by atoms with Crippen LogP contribution in [0.25, 0.3) is 17.0 Å². The summed E-state index contributed by atoms with van der Waals surface area (Å²) < 4.78 is 13.9. The number of benzene rings is 2. The van der Waals surface area contributed by atoms with Gasteiger partial charge >= 0.3 is 0 Å². The zero-order chi connectivity index (χ0) is 22.0. The van der Waals surface area contributed by atoms with E-state index in [1.165, 1.54) is 24.3 Å². The lowest BCUT2D eigenvalue weighted by molar-refractivity contribution is -0.111. The molecule has 1 amide bonds. The van der Waals surface area contributed by atoms with Crippen molar-refractivity contribution in [2.45, 2.75) is 6.92 Å². The molecule has 4 rings (SSSR count). The predicted molar refractivity (Wildman–Crippen MR) is 125 cm³/mol. The van der Waals surface area contributed by atoms with Gasteiger partial charge in [0.25, 0.3) is 0 Å². The highest BCUT2D eigenvalue weighted by molar-refractivity contribution is 6.30. The van der Waals surface area contributed by atoms with Gasteiger partial charge in [-0.1, -0.05) is 17.7 Å². The first kappa shape index (κ1) is 21.3. The van der Waals surface area contributed by atoms with Gasteiger partial charge in [-0.25, -0.2) is 9.37 Å². The van der Waals surface area contributed by atoms with Crippen LogP contribution in [0.5, 0.6) is 0 Å². The van der Waals surface area contributed by atoms with Crippen LogP contribution in [0.4, 0.5) is 15.9 Å². The Kier molecular flexibility index (Phi) is 6.20. The maximum atomic E-state index is 13.9. The second-order valence-corrected chi connectivity index (χ2v) is 8.24. The molecule has 7 heteroatoms. The molecule has 0 saturated carbocycles. The van der Waals surface area contributed by atoms with Gasteiger partial charge in [-0.05, 0) is 62.0 Å². The van der Waals surface area contributed by atoms with E-state index in [0.29, 0.717) is 16.3 Å². The minimum atomic E-state index is -0.472. The summed E-state index contributed by atoms with van der Waals surface area (Å²) in [6.07, 6.45) is 2.73. The Bertz CT molecular complexity index is 1160. The Balaban J connectivity index is 1.49. The predicted octanol–water partition coefficient (Wildman–Crippen LogP) is 4.74. The summed E-state index contributed by atoms with van der Waals surface area (Å²) in [7, 11) is 2.13. The number of rotatable bonds is 4. The number of carbonyl (C=O) groups excluding carboxylic acids is 1. The number of likely N-dealkylation sites (N-methyl/N-ethyl adjacent to an activating group) is 1. The fraction of sp³-hybridized carbons (Fsp3) is 0.250. The minimum Gasteiger partial charge on any atom is -0.354 e. The van der Waals surface area contributed by atoms with E-state index in [-0.39, 0.29) is 5.91 Å². The maximum Gasteiger partial charge on any atom is 0.248 e. The Morgan fingerprint density at radius 1 is 1.13 bits per heavy atom. The summed E-state index contributed by atoms with van der Waals surface area (Å²) in [6, 6.07) is 12.1. The molecule has 3 aromatic rings. The van der Waals surface area contributed by atoms with Gasteiger partial charge in [0.2, 0.25) is 5.91 Å². The lowest BCUT2D eigenvalue weighted by Gasteiger charge is -2.33. The number of halogens is 2. The number of fused-ring (bicyclic) bond motifs is 1. The summed E-state index contributed by atoms with van der Waals surface area (Å²) in [6.45, 7) is 6.03. The molecule has 1 fully saturated rings. The molecule has 0 spiro atoms. The first-order valence-corrected chi connectivity index (χ1v) is 10.6. The molecule has 0 bridgehead atoms. The second kappa shape index (κ2) is 9.04. The van der Waals surface area contributed by atoms with Crippen LogP contribution in [0.1, 0.15) is 11.1 Å². The van der Waals surface area contributed by atoms with Crippen molar-refractivity contribution < 1.29 is 9.18 Å². The molecule has 0 aliphatic carbocycles. The van der Waals surface area contributed by atoms with Crippen LogP contribution < -0.4 is 10.2 Å². The number of hydrogen-bond acceptors (Lipinski definition) is 4. The summed E-state index contributed by atoms with van der Waals surface area (Å²) in [5.74, 6) is 0.177. The standard InChI is InChI=1S/C24H24ClFN4O/c1-16-13-23(30-11-9-29(2)10-12-30)28-22-7-6-19(15-20(16)22)27-24(31)8-4-17-3-5-18(25)14-21(17)26/h3-8,13-15H,9-12H2,1-2H3,(H,27,31). The van der Waals surface area contributed by atoms with E-state index in [0.717, 1.165) is 48.5 Å². The maximum absolute atomic E-state index is 13.9. The second-order valence-electron chi connectivity index (χ2n) is 7.81. The van der Waals surface area contributed by atoms with Gasteiger partial charge in [0.15, 0.2) is 0 Å². The molecule has 1 aliphatic heterocycles. The van der Waals surface area contributed by atoms with Gasteiger partial charge in [-0.15, -0.1) is 0 Å². The van der Waals surface area contributed by atoms with E-state index in [9.17, 15) is 9.18 Å². The summed E-state index contributed by atoms with van der Waals surface area (Å²) in [5.41, 5.74) is 2.96. The first-order chi connectivity index (χ1) is 14.9. The number of hydrogen-bond donors (Lipinski definition) is 1. The molecular weight excluding hydrogens is 415 g/mol. The zero-order valence-electron chi connectivity index (χ0n) is 17.5. The van der Waals surface area contributed by atoms with Crippen LogP contribution in [0.15, 0.2) is 48.5 Å². The molecule has 1 aliphatic rings. The largest absolute Gasteiger partial charge is 0.354 e. The molecular formula is C24H24ClFN4O. The number of pyridine rings is 1. The molecule has 160 valence electrons. The Hall–Kier alpha value is -2.96. The molecule has 1 saturated heterocycles. The third-order valence-electron chi connectivity index (χ3n) is 5.47. The topological polar surface area (TPSA) is 48.5 Å². The third-order valence-corrected chi connectivity index (χ3v) is 5.71. The molecule has 1 aromatic heterocycles. The van der Waals surface area contributed by atoms with E-state index in [1.807, 2.05) is 18.2 Å². The zero-order valence-corrected chi connectivity index (χ0v) is 18.3. The minimum absolute atomic E-state index is 0.301. The normalized spacial score (nSPS) is 15.0. The van der Waals surface area contributed by atoms with Crippen LogP contribution in [-0.2, 0) is 4.79 Å². The Morgan fingerprint density at radius 2 is 1.90 bits per heavy atom. The summed E-state index contributed by atoms with van der Waals surface area (Å²) in [5, 5.41) is 4.13. The highest BCUT2D eigenvalue weighted by Gasteiger charge is 2.16. The number of aryl methyl sites for hydroxylation is 1. The van der Waals surface area contributed by atoms with Crippen molar-refractivity contribution in [3.05, 3.63) is 70.5 Å². The van der Waals surface area contributed by atoms with Crippen molar-refractivity contribution in [3.63, 3.8) is 0 Å². The number of nitrogens with one attached hydrogen (secondary N) is 1. The first-order valence-electron chi connectivity index (χ1n) is 10.2. The lowest BCUT2D eigenvalue weighted by Crippen LogP contribution is -2.44. The number of carbonyl (C=O) groups is 1. The van der Waals surface area contributed by atoms with Gasteiger partial charge < -0.3 is 15.1 Å². The van der Waals surface area contributed by atoms with E-state index in [4.69, 9.17) is 16.6 Å². The molecule has 2 heterocycles. The van der Waals surface area contributed by atoms with Gasteiger partial charge in [0.05, 0.1) is 5.52 Å². The van der Waals surface area contributed by atoms with E-state index < -0.39 is 5.82 Å². The number of piperazine rings is 1. The quantitative estimate of drug-likeness (QED) is 0.598. The van der Waals surface area contributed by atoms with Gasteiger partial charge in [-0.2, -0.15) is 0 Å². The molecule has 1 N–H and O–H groups in total. The van der Waals surface area contributed by atoms with Crippen LogP contribution >= 0.6 is 11.6 Å². The molecule has 5 nitrogen and oxygen atoms in total. The van der Waals surface area contributed by atoms with Crippen molar-refractivity contribution >= 4 is 46.0 Å². The van der Waals surface area contributed by atoms with Gasteiger partial charge in [0, 0.05) is 53.9 Å². The fourth-order valence-electron chi connectivity index (χ4n) is 3.64. The van der Waals surface area contributed by atoms with Crippen LogP contribution in [0, 0.1) is 12.7 Å². The SMILES string of the molecule is Cc1cc(N2CCN(C)CC2)nc2ccc(NC(=O)C=Cc3ccc(Cl)cc3F)cc12. The molecule has 0 unspecified atom stereocenters. The Morgan fingerprint density at radius 3 is 2.65 bits per heavy atom. The highest BCUT2D eigenvalue weighted by Crippen LogP contribution is 2.26. The van der Waals surface area contributed by atoms with Crippen molar-refractivity contribution in [2.75, 3.05) is 43.4 Å². The Labute approximate surface area is 186 Å². The van der Waals surface area contributed by atoms with Crippen molar-refractivity contribution in [3.8, 4) is 0 Å². The number of amides is 1. The van der Waals surface area contributed by atoms with Crippen LogP contribution in [0.3, 0.4) is 0 Å².